The molecule has 3 nitrogen and oxygen atoms in total. The fraction of sp³-hybridized carbons (Fsp3) is 0.0833. The molecule has 0 aliphatic heterocycles. The second-order valence-corrected chi connectivity index (χ2v) is 6.85. The van der Waals surface area contributed by atoms with E-state index in [1.54, 1.807) is 6.20 Å². The van der Waals surface area contributed by atoms with Crippen molar-refractivity contribution in [3.05, 3.63) is 107 Å². The van der Waals surface area contributed by atoms with E-state index in [2.05, 4.69) is 4.98 Å². The van der Waals surface area contributed by atoms with Crippen molar-refractivity contribution in [1.82, 2.24) is 4.98 Å². The molecule has 0 aliphatic rings. The van der Waals surface area contributed by atoms with E-state index in [1.165, 1.54) is 48.5 Å². The predicted molar refractivity (Wildman–Crippen MR) is 107 cm³/mol. The fourth-order valence-corrected chi connectivity index (χ4v) is 3.48. The number of para-hydroxylation sites is 1. The van der Waals surface area contributed by atoms with Gasteiger partial charge in [-0.15, -0.1) is 0 Å². The minimum Gasteiger partial charge on any atom is -0.361 e. The second kappa shape index (κ2) is 7.80. The van der Waals surface area contributed by atoms with E-state index in [0.717, 1.165) is 10.9 Å². The predicted octanol–water partition coefficient (Wildman–Crippen LogP) is 5.69. The van der Waals surface area contributed by atoms with E-state index in [9.17, 15) is 18.4 Å². The molecule has 1 heterocycles. The van der Waals surface area contributed by atoms with E-state index in [-0.39, 0.29) is 18.0 Å². The van der Waals surface area contributed by atoms with Crippen LogP contribution in [0.1, 0.15) is 38.6 Å². The molecule has 4 rings (SSSR count). The maximum atomic E-state index is 13.3. The molecule has 0 radical (unpaired) electrons. The van der Waals surface area contributed by atoms with Crippen molar-refractivity contribution in [3.8, 4) is 0 Å². The van der Waals surface area contributed by atoms with Crippen LogP contribution in [-0.4, -0.2) is 16.6 Å². The highest BCUT2D eigenvalue weighted by molar-refractivity contribution is 6.07. The van der Waals surface area contributed by atoms with Crippen LogP contribution < -0.4 is 0 Å². The number of Topliss-reactive ketones (excluding diaryl/α,β-unsaturated/α-hetero) is 2. The molecule has 1 unspecified atom stereocenters. The Morgan fingerprint density at radius 3 is 2.03 bits per heavy atom. The lowest BCUT2D eigenvalue weighted by atomic mass is 9.85. The van der Waals surface area contributed by atoms with Crippen LogP contribution in [0.3, 0.4) is 0 Å². The summed E-state index contributed by atoms with van der Waals surface area (Å²) in [7, 11) is 0. The number of benzene rings is 3. The molecule has 1 aromatic heterocycles. The third-order valence-corrected chi connectivity index (χ3v) is 5.00. The number of nitrogens with one attached hydrogen (secondary N) is 1. The van der Waals surface area contributed by atoms with Gasteiger partial charge in [0.05, 0.1) is 5.92 Å². The molecule has 0 amide bonds. The summed E-state index contributed by atoms with van der Waals surface area (Å²) in [5.74, 6) is -2.17. The molecule has 1 N–H and O–H groups in total. The third-order valence-electron chi connectivity index (χ3n) is 5.00. The lowest BCUT2D eigenvalue weighted by Gasteiger charge is -2.15. The number of hydrogen-bond acceptors (Lipinski definition) is 2. The van der Waals surface area contributed by atoms with Crippen LogP contribution >= 0.6 is 0 Å². The van der Waals surface area contributed by atoms with Crippen LogP contribution in [-0.2, 0) is 0 Å². The van der Waals surface area contributed by atoms with Crippen molar-refractivity contribution in [2.45, 2.75) is 12.3 Å². The number of H-pyrrole nitrogens is 1. The van der Waals surface area contributed by atoms with Gasteiger partial charge < -0.3 is 4.98 Å². The zero-order valence-electron chi connectivity index (χ0n) is 15.4. The normalized spacial score (nSPS) is 12.1. The van der Waals surface area contributed by atoms with Crippen molar-refractivity contribution >= 4 is 22.5 Å². The van der Waals surface area contributed by atoms with E-state index >= 15 is 0 Å². The van der Waals surface area contributed by atoms with Crippen molar-refractivity contribution in [1.29, 1.82) is 0 Å². The first-order chi connectivity index (χ1) is 14.0. The molecule has 0 aliphatic carbocycles. The number of halogens is 2. The molecule has 3 aromatic carbocycles. The van der Waals surface area contributed by atoms with E-state index < -0.39 is 17.6 Å². The maximum Gasteiger partial charge on any atom is 0.170 e. The fourth-order valence-electron chi connectivity index (χ4n) is 3.48. The number of rotatable bonds is 6. The van der Waals surface area contributed by atoms with Gasteiger partial charge in [-0.1, -0.05) is 18.2 Å². The van der Waals surface area contributed by atoms with Gasteiger partial charge in [-0.2, -0.15) is 0 Å². The highest BCUT2D eigenvalue weighted by atomic mass is 19.1. The van der Waals surface area contributed by atoms with Gasteiger partial charge in [-0.05, 0) is 60.2 Å². The highest BCUT2D eigenvalue weighted by Crippen LogP contribution is 2.32. The molecule has 0 saturated carbocycles. The SMILES string of the molecule is O=C(CC(C(=O)c1ccc(F)cc1)c1c[nH]c2ccccc12)c1ccc(F)cc1. The van der Waals surface area contributed by atoms with Gasteiger partial charge in [0.2, 0.25) is 0 Å². The van der Waals surface area contributed by atoms with Crippen molar-refractivity contribution in [2.24, 2.45) is 0 Å². The Morgan fingerprint density at radius 1 is 0.793 bits per heavy atom. The van der Waals surface area contributed by atoms with Crippen LogP contribution in [0.25, 0.3) is 10.9 Å². The summed E-state index contributed by atoms with van der Waals surface area (Å²) in [5.41, 5.74) is 2.22. The summed E-state index contributed by atoms with van der Waals surface area (Å²) >= 11 is 0. The number of ketones is 2. The largest absolute Gasteiger partial charge is 0.361 e. The minimum atomic E-state index is -0.755. The summed E-state index contributed by atoms with van der Waals surface area (Å²) in [4.78, 5) is 29.2. The molecule has 0 bridgehead atoms. The summed E-state index contributed by atoms with van der Waals surface area (Å²) < 4.78 is 26.5. The van der Waals surface area contributed by atoms with Crippen molar-refractivity contribution in [2.75, 3.05) is 0 Å². The molecule has 5 heteroatoms. The Balaban J connectivity index is 1.74. The zero-order chi connectivity index (χ0) is 20.4. The van der Waals surface area contributed by atoms with Crippen LogP contribution in [0, 0.1) is 11.6 Å². The second-order valence-electron chi connectivity index (χ2n) is 6.85. The molecule has 0 fully saturated rings. The summed E-state index contributed by atoms with van der Waals surface area (Å²) in [6.07, 6.45) is 1.65. The summed E-state index contributed by atoms with van der Waals surface area (Å²) in [5, 5.41) is 0.847. The Labute approximate surface area is 166 Å². The van der Waals surface area contributed by atoms with Gasteiger partial charge in [0.1, 0.15) is 11.6 Å². The third kappa shape index (κ3) is 3.85. The Hall–Kier alpha value is -3.60. The van der Waals surface area contributed by atoms with E-state index in [4.69, 9.17) is 0 Å². The monoisotopic (exact) mass is 389 g/mol. The molecule has 0 spiro atoms. The number of aromatic nitrogens is 1. The first-order valence-corrected chi connectivity index (χ1v) is 9.17. The Morgan fingerprint density at radius 2 is 1.38 bits per heavy atom. The van der Waals surface area contributed by atoms with Crippen molar-refractivity contribution < 1.29 is 18.4 Å². The Kier molecular flexibility index (Phi) is 5.04. The molecule has 29 heavy (non-hydrogen) atoms. The Bertz CT molecular complexity index is 1180. The molecular weight excluding hydrogens is 372 g/mol. The molecule has 4 aromatic rings. The van der Waals surface area contributed by atoms with Gasteiger partial charge in [0.15, 0.2) is 11.6 Å². The summed E-state index contributed by atoms with van der Waals surface area (Å²) in [6.45, 7) is 0. The van der Waals surface area contributed by atoms with Crippen LogP contribution in [0.4, 0.5) is 8.78 Å². The van der Waals surface area contributed by atoms with Gasteiger partial charge >= 0.3 is 0 Å². The molecular formula is C24H17F2NO2. The first-order valence-electron chi connectivity index (χ1n) is 9.17. The van der Waals surface area contributed by atoms with Gasteiger partial charge in [0, 0.05) is 34.6 Å². The molecule has 1 atom stereocenters. The number of carbonyl (C=O) groups is 2. The molecule has 0 saturated heterocycles. The van der Waals surface area contributed by atoms with E-state index in [1.807, 2.05) is 24.3 Å². The van der Waals surface area contributed by atoms with Gasteiger partial charge in [0.25, 0.3) is 0 Å². The number of hydrogen-bond donors (Lipinski definition) is 1. The van der Waals surface area contributed by atoms with Gasteiger partial charge in [-0.25, -0.2) is 8.78 Å². The van der Waals surface area contributed by atoms with Crippen LogP contribution in [0.5, 0.6) is 0 Å². The molecule has 144 valence electrons. The number of carbonyl (C=O) groups excluding carboxylic acids is 2. The zero-order valence-corrected chi connectivity index (χ0v) is 15.4. The lowest BCUT2D eigenvalue weighted by molar-refractivity contribution is 0.0894. The van der Waals surface area contributed by atoms with Crippen molar-refractivity contribution in [3.63, 3.8) is 0 Å². The number of fused-ring (bicyclic) bond motifs is 1. The average Bonchev–Trinajstić information content (AvgIpc) is 3.16. The highest BCUT2D eigenvalue weighted by Gasteiger charge is 2.27. The standard InChI is InChI=1S/C24H17F2NO2/c25-17-9-5-15(6-10-17)23(28)13-20(24(29)16-7-11-18(26)12-8-16)21-14-27-22-4-2-1-3-19(21)22/h1-12,14,20,27H,13H2. The summed E-state index contributed by atoms with van der Waals surface area (Å²) in [6, 6.07) is 18.1. The average molecular weight is 389 g/mol. The first kappa shape index (κ1) is 18.7. The smallest absolute Gasteiger partial charge is 0.170 e. The lowest BCUT2D eigenvalue weighted by Crippen LogP contribution is -2.17. The van der Waals surface area contributed by atoms with Crippen LogP contribution in [0.2, 0.25) is 0 Å². The number of aromatic amines is 1. The van der Waals surface area contributed by atoms with Crippen LogP contribution in [0.15, 0.2) is 79.0 Å². The topological polar surface area (TPSA) is 49.9 Å². The van der Waals surface area contributed by atoms with Gasteiger partial charge in [-0.3, -0.25) is 9.59 Å². The maximum absolute atomic E-state index is 13.3. The van der Waals surface area contributed by atoms with E-state index in [0.29, 0.717) is 16.7 Å². The minimum absolute atomic E-state index is 0.0797. The quantitative estimate of drug-likeness (QED) is 0.431.